The van der Waals surface area contributed by atoms with Gasteiger partial charge < -0.3 is 9.64 Å². The fourth-order valence-corrected chi connectivity index (χ4v) is 3.77. The van der Waals surface area contributed by atoms with E-state index in [4.69, 9.17) is 4.74 Å². The second kappa shape index (κ2) is 7.13. The highest BCUT2D eigenvalue weighted by molar-refractivity contribution is 7.07. The molecule has 4 rings (SSSR count). The molecule has 0 bridgehead atoms. The van der Waals surface area contributed by atoms with Crippen molar-refractivity contribution >= 4 is 23.1 Å². The summed E-state index contributed by atoms with van der Waals surface area (Å²) in [5, 5.41) is 0. The molecule has 132 valence electrons. The third kappa shape index (κ3) is 3.25. The summed E-state index contributed by atoms with van der Waals surface area (Å²) in [6.45, 7) is 3.63. The normalized spacial score (nSPS) is 14.0. The fourth-order valence-electron chi connectivity index (χ4n) is 2.81. The van der Waals surface area contributed by atoms with Gasteiger partial charge in [-0.1, -0.05) is 11.3 Å². The quantitative estimate of drug-likeness (QED) is 0.704. The molecule has 0 atom stereocenters. The molecule has 1 aliphatic heterocycles. The van der Waals surface area contributed by atoms with E-state index < -0.39 is 0 Å². The van der Waals surface area contributed by atoms with E-state index in [0.717, 1.165) is 21.8 Å². The van der Waals surface area contributed by atoms with Crippen molar-refractivity contribution in [2.75, 3.05) is 18.2 Å². The smallest absolute Gasteiger partial charge is 0.271 e. The SMILES string of the molecule is CCOc1ccc(N2CN=c3s/c(=C/c4ccncc4)c(=O)n3C2)cc1. The second-order valence-corrected chi connectivity index (χ2v) is 6.82. The van der Waals surface area contributed by atoms with Gasteiger partial charge in [0.2, 0.25) is 0 Å². The molecule has 1 aliphatic rings. The Morgan fingerprint density at radius 1 is 1.19 bits per heavy atom. The van der Waals surface area contributed by atoms with Gasteiger partial charge in [-0.15, -0.1) is 0 Å². The standard InChI is InChI=1S/C19H18N4O2S/c1-2-25-16-5-3-15(4-6-16)22-12-21-19-23(13-22)18(24)17(26-19)11-14-7-9-20-10-8-14/h3-11H,2,12-13H2,1H3/b17-11+. The van der Waals surface area contributed by atoms with E-state index in [2.05, 4.69) is 14.9 Å². The molecule has 3 aromatic rings. The van der Waals surface area contributed by atoms with Gasteiger partial charge >= 0.3 is 0 Å². The van der Waals surface area contributed by atoms with Gasteiger partial charge in [-0.25, -0.2) is 4.99 Å². The first-order valence-corrected chi connectivity index (χ1v) is 9.20. The highest BCUT2D eigenvalue weighted by atomic mass is 32.1. The molecule has 3 heterocycles. The van der Waals surface area contributed by atoms with Gasteiger partial charge in [-0.2, -0.15) is 0 Å². The Morgan fingerprint density at radius 3 is 2.69 bits per heavy atom. The van der Waals surface area contributed by atoms with Crippen LogP contribution in [0.25, 0.3) is 6.08 Å². The Kier molecular flexibility index (Phi) is 4.53. The minimum Gasteiger partial charge on any atom is -0.494 e. The topological polar surface area (TPSA) is 59.7 Å². The molecular weight excluding hydrogens is 348 g/mol. The minimum atomic E-state index is -0.0128. The first-order chi connectivity index (χ1) is 12.7. The van der Waals surface area contributed by atoms with Gasteiger partial charge in [0.1, 0.15) is 19.1 Å². The number of thiazole rings is 1. The number of anilines is 1. The van der Waals surface area contributed by atoms with E-state index >= 15 is 0 Å². The number of nitrogens with zero attached hydrogens (tertiary/aromatic N) is 4. The first kappa shape index (κ1) is 16.5. The summed E-state index contributed by atoms with van der Waals surface area (Å²) >= 11 is 1.42. The molecule has 0 saturated carbocycles. The molecular formula is C19H18N4O2S. The van der Waals surface area contributed by atoms with Crippen molar-refractivity contribution in [2.24, 2.45) is 4.99 Å². The number of fused-ring (bicyclic) bond motifs is 1. The lowest BCUT2D eigenvalue weighted by Crippen LogP contribution is -2.42. The Morgan fingerprint density at radius 2 is 1.96 bits per heavy atom. The van der Waals surface area contributed by atoms with Gasteiger partial charge in [0.15, 0.2) is 4.80 Å². The van der Waals surface area contributed by atoms with Crippen molar-refractivity contribution in [1.82, 2.24) is 9.55 Å². The Balaban J connectivity index is 1.63. The fraction of sp³-hybridized carbons (Fsp3) is 0.211. The number of aromatic nitrogens is 2. The third-order valence-corrected chi connectivity index (χ3v) is 5.14. The van der Waals surface area contributed by atoms with Crippen LogP contribution in [0.1, 0.15) is 12.5 Å². The number of ether oxygens (including phenoxy) is 1. The van der Waals surface area contributed by atoms with Crippen LogP contribution in [0.3, 0.4) is 0 Å². The zero-order chi connectivity index (χ0) is 17.9. The van der Waals surface area contributed by atoms with E-state index in [9.17, 15) is 4.79 Å². The van der Waals surface area contributed by atoms with Gasteiger partial charge in [-0.05, 0) is 55.0 Å². The second-order valence-electron chi connectivity index (χ2n) is 5.81. The molecule has 0 radical (unpaired) electrons. The lowest BCUT2D eigenvalue weighted by molar-refractivity contribution is 0.340. The predicted octanol–water partition coefficient (Wildman–Crippen LogP) is 1.59. The third-order valence-electron chi connectivity index (χ3n) is 4.09. The molecule has 7 heteroatoms. The average Bonchev–Trinajstić information content (AvgIpc) is 2.99. The van der Waals surface area contributed by atoms with Gasteiger partial charge in [0.05, 0.1) is 11.1 Å². The van der Waals surface area contributed by atoms with Crippen LogP contribution in [-0.2, 0) is 6.67 Å². The van der Waals surface area contributed by atoms with E-state index in [-0.39, 0.29) is 5.56 Å². The van der Waals surface area contributed by atoms with E-state index in [0.29, 0.717) is 24.5 Å². The number of rotatable bonds is 4. The van der Waals surface area contributed by atoms with Crippen LogP contribution in [0.2, 0.25) is 0 Å². The lowest BCUT2D eigenvalue weighted by atomic mass is 10.2. The van der Waals surface area contributed by atoms with Crippen molar-refractivity contribution < 1.29 is 4.74 Å². The average molecular weight is 366 g/mol. The van der Waals surface area contributed by atoms with Crippen molar-refractivity contribution in [2.45, 2.75) is 13.6 Å². The maximum absolute atomic E-state index is 12.8. The molecule has 0 spiro atoms. The van der Waals surface area contributed by atoms with Crippen LogP contribution in [0.5, 0.6) is 5.75 Å². The summed E-state index contributed by atoms with van der Waals surface area (Å²) in [5.74, 6) is 0.841. The molecule has 0 unspecified atom stereocenters. The number of pyridine rings is 1. The summed E-state index contributed by atoms with van der Waals surface area (Å²) < 4.78 is 7.88. The Labute approximate surface area is 154 Å². The maximum atomic E-state index is 12.8. The summed E-state index contributed by atoms with van der Waals surface area (Å²) in [5.41, 5.74) is 1.96. The monoisotopic (exact) mass is 366 g/mol. The Bertz CT molecular complexity index is 1070. The van der Waals surface area contributed by atoms with Crippen LogP contribution in [-0.4, -0.2) is 22.8 Å². The minimum absolute atomic E-state index is 0.0128. The summed E-state index contributed by atoms with van der Waals surface area (Å²) in [6, 6.07) is 11.6. The largest absolute Gasteiger partial charge is 0.494 e. The maximum Gasteiger partial charge on any atom is 0.271 e. The zero-order valence-corrected chi connectivity index (χ0v) is 15.1. The summed E-state index contributed by atoms with van der Waals surface area (Å²) in [6.07, 6.45) is 5.32. The highest BCUT2D eigenvalue weighted by Crippen LogP contribution is 2.20. The number of hydrogen-bond donors (Lipinski definition) is 0. The number of hydrogen-bond acceptors (Lipinski definition) is 6. The van der Waals surface area contributed by atoms with Crippen LogP contribution in [0.15, 0.2) is 58.6 Å². The molecule has 26 heavy (non-hydrogen) atoms. The van der Waals surface area contributed by atoms with Crippen molar-refractivity contribution in [3.05, 3.63) is 74.0 Å². The summed E-state index contributed by atoms with van der Waals surface area (Å²) in [7, 11) is 0. The molecule has 0 amide bonds. The van der Waals surface area contributed by atoms with Crippen LogP contribution >= 0.6 is 11.3 Å². The van der Waals surface area contributed by atoms with Crippen LogP contribution < -0.4 is 24.5 Å². The van der Waals surface area contributed by atoms with Gasteiger partial charge in [0.25, 0.3) is 5.56 Å². The van der Waals surface area contributed by atoms with E-state index in [1.807, 2.05) is 49.4 Å². The van der Waals surface area contributed by atoms with Crippen LogP contribution in [0.4, 0.5) is 5.69 Å². The number of benzene rings is 1. The highest BCUT2D eigenvalue weighted by Gasteiger charge is 2.16. The first-order valence-electron chi connectivity index (χ1n) is 8.38. The zero-order valence-electron chi connectivity index (χ0n) is 14.3. The molecule has 2 aromatic heterocycles. The molecule has 0 fully saturated rings. The van der Waals surface area contributed by atoms with Gasteiger partial charge in [-0.3, -0.25) is 14.3 Å². The molecule has 1 aromatic carbocycles. The van der Waals surface area contributed by atoms with Crippen molar-refractivity contribution in [3.63, 3.8) is 0 Å². The molecule has 0 N–H and O–H groups in total. The van der Waals surface area contributed by atoms with Gasteiger partial charge in [0, 0.05) is 18.1 Å². The van der Waals surface area contributed by atoms with Crippen LogP contribution in [0, 0.1) is 0 Å². The summed E-state index contributed by atoms with van der Waals surface area (Å²) in [4.78, 5) is 24.2. The predicted molar refractivity (Wildman–Crippen MR) is 102 cm³/mol. The Hall–Kier alpha value is -2.93. The van der Waals surface area contributed by atoms with Crippen molar-refractivity contribution in [1.29, 1.82) is 0 Å². The molecule has 6 nitrogen and oxygen atoms in total. The lowest BCUT2D eigenvalue weighted by Gasteiger charge is -2.25. The van der Waals surface area contributed by atoms with E-state index in [1.54, 1.807) is 17.0 Å². The van der Waals surface area contributed by atoms with Crippen molar-refractivity contribution in [3.8, 4) is 5.75 Å². The molecule has 0 saturated heterocycles. The molecule has 0 aliphatic carbocycles. The van der Waals surface area contributed by atoms with E-state index in [1.165, 1.54) is 11.3 Å².